The first kappa shape index (κ1) is 23.0. The summed E-state index contributed by atoms with van der Waals surface area (Å²) in [5.41, 5.74) is 2.16. The molecule has 0 radical (unpaired) electrons. The van der Waals surface area contributed by atoms with Crippen molar-refractivity contribution in [3.8, 4) is 11.3 Å². The maximum absolute atomic E-state index is 12.4. The Balaban J connectivity index is 1.45. The van der Waals surface area contributed by atoms with Gasteiger partial charge in [0, 0.05) is 34.8 Å². The minimum Gasteiger partial charge on any atom is -0.370 e. The third-order valence-electron chi connectivity index (χ3n) is 4.65. The second kappa shape index (κ2) is 9.76. The van der Waals surface area contributed by atoms with Gasteiger partial charge in [-0.1, -0.05) is 41.4 Å². The van der Waals surface area contributed by atoms with Crippen molar-refractivity contribution in [2.75, 3.05) is 18.4 Å². The van der Waals surface area contributed by atoms with Gasteiger partial charge >= 0.3 is 0 Å². The molecule has 0 aliphatic heterocycles. The van der Waals surface area contributed by atoms with Gasteiger partial charge in [0.25, 0.3) is 0 Å². The molecule has 2 N–H and O–H groups in total. The predicted octanol–water partition coefficient (Wildman–Crippen LogP) is 5.25. The van der Waals surface area contributed by atoms with Crippen molar-refractivity contribution in [2.24, 2.45) is 0 Å². The molecule has 11 heteroatoms. The zero-order valence-corrected chi connectivity index (χ0v) is 20.5. The summed E-state index contributed by atoms with van der Waals surface area (Å²) in [6.45, 7) is 0.786. The van der Waals surface area contributed by atoms with Gasteiger partial charge in [-0.2, -0.15) is 9.61 Å². The van der Waals surface area contributed by atoms with Crippen LogP contribution in [-0.4, -0.2) is 36.1 Å². The molecule has 2 aromatic carbocycles. The molecule has 166 valence electrons. The largest absolute Gasteiger partial charge is 0.370 e. The number of hydrogen-bond donors (Lipinski definition) is 2. The van der Waals surface area contributed by atoms with E-state index in [0.29, 0.717) is 34.4 Å². The number of sulfonamides is 1. The van der Waals surface area contributed by atoms with Crippen molar-refractivity contribution in [3.63, 3.8) is 0 Å². The molecule has 2 heterocycles. The van der Waals surface area contributed by atoms with E-state index >= 15 is 0 Å². The Hall–Kier alpha value is -2.17. The first-order chi connectivity index (χ1) is 15.3. The van der Waals surface area contributed by atoms with Gasteiger partial charge in [0.1, 0.15) is 5.82 Å². The highest BCUT2D eigenvalue weighted by Crippen LogP contribution is 2.30. The second-order valence-electron chi connectivity index (χ2n) is 6.87. The Morgan fingerprint density at radius 3 is 2.53 bits per heavy atom. The summed E-state index contributed by atoms with van der Waals surface area (Å²) in [4.78, 5) is 4.85. The molecule has 0 aliphatic rings. The number of hydrogen-bond acceptors (Lipinski definition) is 5. The Labute approximate surface area is 204 Å². The van der Waals surface area contributed by atoms with E-state index in [9.17, 15) is 8.42 Å². The maximum atomic E-state index is 12.4. The summed E-state index contributed by atoms with van der Waals surface area (Å²) in [6, 6.07) is 15.4. The number of anilines is 1. The summed E-state index contributed by atoms with van der Waals surface area (Å²) < 4.78 is 29.8. The van der Waals surface area contributed by atoms with Crippen LogP contribution in [0.4, 0.5) is 5.82 Å². The molecule has 0 atom stereocenters. The standard InChI is InChI=1S/C21H18BrCl2N5O2S/c22-17-13-26-29-20(12-19(28-21(17)29)16-4-1-2-5-18(16)24)25-10-3-11-27-32(30,31)15-8-6-14(23)7-9-15/h1-2,4-9,12-13,25,27H,3,10-11H2. The minimum atomic E-state index is -3.59. The van der Waals surface area contributed by atoms with Crippen LogP contribution in [0.3, 0.4) is 0 Å². The number of aromatic nitrogens is 3. The van der Waals surface area contributed by atoms with Gasteiger partial charge in [0.15, 0.2) is 5.65 Å². The lowest BCUT2D eigenvalue weighted by Gasteiger charge is -2.12. The third kappa shape index (κ3) is 5.07. The normalized spacial score (nSPS) is 11.7. The molecule has 0 saturated heterocycles. The van der Waals surface area contributed by atoms with Crippen LogP contribution in [0.25, 0.3) is 16.9 Å². The average Bonchev–Trinajstić information content (AvgIpc) is 3.15. The molecule has 0 aliphatic carbocycles. The minimum absolute atomic E-state index is 0.177. The zero-order valence-electron chi connectivity index (χ0n) is 16.6. The summed E-state index contributed by atoms with van der Waals surface area (Å²) in [7, 11) is -3.59. The second-order valence-corrected chi connectivity index (χ2v) is 10.3. The molecule has 4 rings (SSSR count). The number of rotatable bonds is 8. The topological polar surface area (TPSA) is 88.4 Å². The SMILES string of the molecule is O=S(=O)(NCCCNc1cc(-c2ccccc2Cl)nc2c(Br)cnn12)c1ccc(Cl)cc1. The number of nitrogens with one attached hydrogen (secondary N) is 2. The highest BCUT2D eigenvalue weighted by molar-refractivity contribution is 9.10. The molecule has 0 amide bonds. The van der Waals surface area contributed by atoms with E-state index in [1.807, 2.05) is 30.3 Å². The average molecular weight is 555 g/mol. The monoisotopic (exact) mass is 553 g/mol. The third-order valence-corrected chi connectivity index (χ3v) is 7.27. The fourth-order valence-electron chi connectivity index (χ4n) is 3.08. The Bertz CT molecular complexity index is 1360. The van der Waals surface area contributed by atoms with Gasteiger partial charge in [-0.15, -0.1) is 0 Å². The molecule has 0 fully saturated rings. The van der Waals surface area contributed by atoms with E-state index in [0.717, 1.165) is 15.9 Å². The zero-order chi connectivity index (χ0) is 22.7. The van der Waals surface area contributed by atoms with Crippen molar-refractivity contribution in [1.82, 2.24) is 19.3 Å². The Morgan fingerprint density at radius 1 is 1.03 bits per heavy atom. The van der Waals surface area contributed by atoms with Crippen LogP contribution in [-0.2, 0) is 10.0 Å². The van der Waals surface area contributed by atoms with E-state index in [1.165, 1.54) is 12.1 Å². The van der Waals surface area contributed by atoms with E-state index < -0.39 is 10.0 Å². The van der Waals surface area contributed by atoms with Gasteiger partial charge in [-0.05, 0) is 52.7 Å². The van der Waals surface area contributed by atoms with Crippen LogP contribution in [0.1, 0.15) is 6.42 Å². The molecular formula is C21H18BrCl2N5O2S. The van der Waals surface area contributed by atoms with Gasteiger partial charge in [0.05, 0.1) is 21.3 Å². The molecule has 0 unspecified atom stereocenters. The van der Waals surface area contributed by atoms with Crippen LogP contribution in [0.5, 0.6) is 0 Å². The maximum Gasteiger partial charge on any atom is 0.240 e. The molecule has 32 heavy (non-hydrogen) atoms. The molecule has 0 saturated carbocycles. The van der Waals surface area contributed by atoms with E-state index in [4.69, 9.17) is 23.2 Å². The van der Waals surface area contributed by atoms with Crippen LogP contribution < -0.4 is 10.0 Å². The van der Waals surface area contributed by atoms with Crippen molar-refractivity contribution in [3.05, 3.63) is 75.3 Å². The Kier molecular flexibility index (Phi) is 7.02. The highest BCUT2D eigenvalue weighted by Gasteiger charge is 2.14. The Morgan fingerprint density at radius 2 is 1.78 bits per heavy atom. The highest BCUT2D eigenvalue weighted by atomic mass is 79.9. The molecule has 4 aromatic rings. The lowest BCUT2D eigenvalue weighted by Crippen LogP contribution is -2.26. The lowest BCUT2D eigenvalue weighted by molar-refractivity contribution is 0.580. The summed E-state index contributed by atoms with van der Waals surface area (Å²) >= 11 is 15.7. The smallest absolute Gasteiger partial charge is 0.240 e. The van der Waals surface area contributed by atoms with Crippen LogP contribution >= 0.6 is 39.1 Å². The first-order valence-corrected chi connectivity index (χ1v) is 12.7. The van der Waals surface area contributed by atoms with Crippen LogP contribution in [0.2, 0.25) is 10.0 Å². The summed E-state index contributed by atoms with van der Waals surface area (Å²) in [6.07, 6.45) is 2.23. The molecule has 0 bridgehead atoms. The quantitative estimate of drug-likeness (QED) is 0.290. The van der Waals surface area contributed by atoms with Gasteiger partial charge in [-0.3, -0.25) is 0 Å². The lowest BCUT2D eigenvalue weighted by atomic mass is 10.1. The van der Waals surface area contributed by atoms with Crippen molar-refractivity contribution < 1.29 is 8.42 Å². The molecule has 7 nitrogen and oxygen atoms in total. The molecule has 0 spiro atoms. The van der Waals surface area contributed by atoms with Crippen molar-refractivity contribution in [1.29, 1.82) is 0 Å². The summed E-state index contributed by atoms with van der Waals surface area (Å²) in [5.74, 6) is 0.719. The van der Waals surface area contributed by atoms with E-state index in [-0.39, 0.29) is 11.4 Å². The van der Waals surface area contributed by atoms with Gasteiger partial charge < -0.3 is 5.32 Å². The first-order valence-electron chi connectivity index (χ1n) is 9.63. The predicted molar refractivity (Wildman–Crippen MR) is 131 cm³/mol. The van der Waals surface area contributed by atoms with Gasteiger partial charge in [0.2, 0.25) is 10.0 Å². The molecular weight excluding hydrogens is 537 g/mol. The van der Waals surface area contributed by atoms with Crippen molar-refractivity contribution in [2.45, 2.75) is 11.3 Å². The van der Waals surface area contributed by atoms with Gasteiger partial charge in [-0.25, -0.2) is 18.1 Å². The van der Waals surface area contributed by atoms with Crippen LogP contribution in [0, 0.1) is 0 Å². The number of nitrogens with zero attached hydrogens (tertiary/aromatic N) is 3. The van der Waals surface area contributed by atoms with E-state index in [2.05, 4.69) is 36.1 Å². The van der Waals surface area contributed by atoms with E-state index in [1.54, 1.807) is 22.8 Å². The number of benzene rings is 2. The number of fused-ring (bicyclic) bond motifs is 1. The molecule has 2 aromatic heterocycles. The fraction of sp³-hybridized carbons (Fsp3) is 0.143. The summed E-state index contributed by atoms with van der Waals surface area (Å²) in [5, 5.41) is 8.74. The fourth-order valence-corrected chi connectivity index (χ4v) is 4.86. The van der Waals surface area contributed by atoms with Crippen LogP contribution in [0.15, 0.2) is 70.2 Å². The van der Waals surface area contributed by atoms with Crippen molar-refractivity contribution >= 4 is 60.6 Å². The number of halogens is 3.